The van der Waals surface area contributed by atoms with Gasteiger partial charge in [0.15, 0.2) is 6.29 Å². The van der Waals surface area contributed by atoms with Gasteiger partial charge in [-0.25, -0.2) is 8.78 Å². The van der Waals surface area contributed by atoms with Crippen LogP contribution < -0.4 is 0 Å². The summed E-state index contributed by atoms with van der Waals surface area (Å²) in [7, 11) is 1.46. The highest BCUT2D eigenvalue weighted by Gasteiger charge is 2.17. The minimum absolute atomic E-state index is 0.0906. The molecule has 0 aliphatic heterocycles. The van der Waals surface area contributed by atoms with Crippen molar-refractivity contribution in [3.8, 4) is 0 Å². The van der Waals surface area contributed by atoms with Crippen LogP contribution >= 0.6 is 11.6 Å². The first-order chi connectivity index (χ1) is 5.57. The van der Waals surface area contributed by atoms with E-state index in [4.69, 9.17) is 11.6 Å². The predicted molar refractivity (Wildman–Crippen MR) is 40.8 cm³/mol. The van der Waals surface area contributed by atoms with Gasteiger partial charge in [-0.05, 0) is 6.07 Å². The van der Waals surface area contributed by atoms with Crippen LogP contribution in [0.4, 0.5) is 8.78 Å². The van der Waals surface area contributed by atoms with Crippen LogP contribution in [-0.4, -0.2) is 10.9 Å². The zero-order chi connectivity index (χ0) is 9.30. The zero-order valence-corrected chi connectivity index (χ0v) is 6.98. The van der Waals surface area contributed by atoms with Crippen molar-refractivity contribution < 1.29 is 13.6 Å². The first kappa shape index (κ1) is 9.19. The maximum Gasteiger partial charge on any atom is 0.266 e. The maximum absolute atomic E-state index is 12.1. The van der Waals surface area contributed by atoms with Gasteiger partial charge in [0.2, 0.25) is 0 Å². The number of alkyl halides is 2. The lowest BCUT2D eigenvalue weighted by Gasteiger charge is -1.97. The molecule has 66 valence electrons. The van der Waals surface area contributed by atoms with E-state index in [-0.39, 0.29) is 16.4 Å². The molecule has 0 unspecified atom stereocenters. The van der Waals surface area contributed by atoms with Crippen LogP contribution in [0.25, 0.3) is 0 Å². The highest BCUT2D eigenvalue weighted by Crippen LogP contribution is 2.28. The lowest BCUT2D eigenvalue weighted by molar-refractivity contribution is 0.111. The van der Waals surface area contributed by atoms with Gasteiger partial charge in [-0.3, -0.25) is 4.79 Å². The summed E-state index contributed by atoms with van der Waals surface area (Å²) in [6, 6.07) is 1.08. The number of aromatic nitrogens is 1. The van der Waals surface area contributed by atoms with Gasteiger partial charge in [0.1, 0.15) is 5.15 Å². The van der Waals surface area contributed by atoms with Gasteiger partial charge in [0.25, 0.3) is 6.43 Å². The highest BCUT2D eigenvalue weighted by molar-refractivity contribution is 6.30. The Morgan fingerprint density at radius 1 is 1.67 bits per heavy atom. The Morgan fingerprint density at radius 3 is 2.50 bits per heavy atom. The molecule has 0 atom stereocenters. The summed E-state index contributed by atoms with van der Waals surface area (Å²) in [4.78, 5) is 10.3. The monoisotopic (exact) mass is 193 g/mol. The topological polar surface area (TPSA) is 22.0 Å². The molecule has 1 rings (SSSR count). The summed E-state index contributed by atoms with van der Waals surface area (Å²) in [5.74, 6) is 0. The van der Waals surface area contributed by atoms with Gasteiger partial charge in [-0.2, -0.15) is 0 Å². The normalized spacial score (nSPS) is 10.8. The van der Waals surface area contributed by atoms with Gasteiger partial charge in [0.05, 0.1) is 11.3 Å². The van der Waals surface area contributed by atoms with Crippen molar-refractivity contribution in [2.45, 2.75) is 6.43 Å². The van der Waals surface area contributed by atoms with Gasteiger partial charge in [0, 0.05) is 7.05 Å². The molecule has 1 aromatic heterocycles. The van der Waals surface area contributed by atoms with E-state index in [1.165, 1.54) is 11.6 Å². The fraction of sp³-hybridized carbons (Fsp3) is 0.286. The standard InChI is InChI=1S/C7H6ClF2NO/c1-11-4(3-12)2-5(6(11)8)7(9)10/h2-3,7H,1H3. The molecule has 0 bridgehead atoms. The van der Waals surface area contributed by atoms with E-state index in [1.54, 1.807) is 0 Å². The molecular formula is C7H6ClF2NO. The second kappa shape index (κ2) is 3.23. The molecule has 0 radical (unpaired) electrons. The maximum atomic E-state index is 12.1. The van der Waals surface area contributed by atoms with Crippen LogP contribution in [-0.2, 0) is 7.05 Å². The van der Waals surface area contributed by atoms with Gasteiger partial charge < -0.3 is 4.57 Å². The average Bonchev–Trinajstić information content (AvgIpc) is 2.30. The molecule has 0 amide bonds. The van der Waals surface area contributed by atoms with Crippen molar-refractivity contribution in [3.63, 3.8) is 0 Å². The third kappa shape index (κ3) is 1.34. The van der Waals surface area contributed by atoms with Crippen molar-refractivity contribution in [2.75, 3.05) is 0 Å². The predicted octanol–water partition coefficient (Wildman–Crippen LogP) is 2.43. The molecule has 0 spiro atoms. The van der Waals surface area contributed by atoms with E-state index in [9.17, 15) is 13.6 Å². The minimum atomic E-state index is -2.64. The van der Waals surface area contributed by atoms with Crippen molar-refractivity contribution in [1.82, 2.24) is 4.57 Å². The number of halogens is 3. The minimum Gasteiger partial charge on any atom is -0.332 e. The van der Waals surface area contributed by atoms with E-state index in [0.717, 1.165) is 6.07 Å². The second-order valence-electron chi connectivity index (χ2n) is 2.29. The highest BCUT2D eigenvalue weighted by atomic mass is 35.5. The lowest BCUT2D eigenvalue weighted by Crippen LogP contribution is -1.93. The van der Waals surface area contributed by atoms with Crippen molar-refractivity contribution >= 4 is 17.9 Å². The van der Waals surface area contributed by atoms with E-state index in [0.29, 0.717) is 6.29 Å². The Balaban J connectivity index is 3.24. The first-order valence-electron chi connectivity index (χ1n) is 3.16. The molecule has 12 heavy (non-hydrogen) atoms. The Morgan fingerprint density at radius 2 is 2.25 bits per heavy atom. The fourth-order valence-electron chi connectivity index (χ4n) is 0.889. The van der Waals surface area contributed by atoms with Crippen molar-refractivity contribution in [3.05, 3.63) is 22.5 Å². The Bertz CT molecular complexity index is 309. The third-order valence-corrected chi connectivity index (χ3v) is 2.05. The average molecular weight is 194 g/mol. The van der Waals surface area contributed by atoms with Crippen LogP contribution in [0.2, 0.25) is 5.15 Å². The summed E-state index contributed by atoms with van der Waals surface area (Å²) >= 11 is 5.51. The fourth-order valence-corrected chi connectivity index (χ4v) is 1.12. The molecular weight excluding hydrogens is 188 g/mol. The number of hydrogen-bond donors (Lipinski definition) is 0. The SMILES string of the molecule is Cn1c(C=O)cc(C(F)F)c1Cl. The molecule has 0 aromatic carbocycles. The van der Waals surface area contributed by atoms with Crippen LogP contribution in [0, 0.1) is 0 Å². The number of hydrogen-bond acceptors (Lipinski definition) is 1. The van der Waals surface area contributed by atoms with Crippen LogP contribution in [0.1, 0.15) is 22.5 Å². The number of rotatable bonds is 2. The zero-order valence-electron chi connectivity index (χ0n) is 6.22. The van der Waals surface area contributed by atoms with Crippen LogP contribution in [0.5, 0.6) is 0 Å². The summed E-state index contributed by atoms with van der Waals surface area (Å²) in [5.41, 5.74) is -0.156. The van der Waals surface area contributed by atoms with Gasteiger partial charge in [-0.15, -0.1) is 0 Å². The molecule has 1 aromatic rings. The number of carbonyl (C=O) groups excluding carboxylic acids is 1. The molecule has 0 aliphatic rings. The number of carbonyl (C=O) groups is 1. The number of aldehydes is 1. The molecule has 2 nitrogen and oxygen atoms in total. The van der Waals surface area contributed by atoms with E-state index in [2.05, 4.69) is 0 Å². The Kier molecular flexibility index (Phi) is 2.47. The largest absolute Gasteiger partial charge is 0.332 e. The molecule has 0 fully saturated rings. The molecule has 0 N–H and O–H groups in total. The second-order valence-corrected chi connectivity index (χ2v) is 2.65. The van der Waals surface area contributed by atoms with Gasteiger partial charge in [-0.1, -0.05) is 11.6 Å². The molecule has 0 saturated heterocycles. The van der Waals surface area contributed by atoms with E-state index >= 15 is 0 Å². The summed E-state index contributed by atoms with van der Waals surface area (Å²) in [6.45, 7) is 0. The Hall–Kier alpha value is -0.900. The summed E-state index contributed by atoms with van der Waals surface area (Å²) < 4.78 is 25.5. The van der Waals surface area contributed by atoms with Crippen LogP contribution in [0.3, 0.4) is 0 Å². The van der Waals surface area contributed by atoms with Crippen molar-refractivity contribution in [2.24, 2.45) is 7.05 Å². The first-order valence-corrected chi connectivity index (χ1v) is 3.54. The van der Waals surface area contributed by atoms with Crippen molar-refractivity contribution in [1.29, 1.82) is 0 Å². The molecule has 5 heteroatoms. The molecule has 0 saturated carbocycles. The van der Waals surface area contributed by atoms with E-state index in [1.807, 2.05) is 0 Å². The lowest BCUT2D eigenvalue weighted by atomic mass is 10.3. The Labute approximate surface area is 72.7 Å². The van der Waals surface area contributed by atoms with Gasteiger partial charge >= 0.3 is 0 Å². The van der Waals surface area contributed by atoms with E-state index < -0.39 is 6.43 Å². The smallest absolute Gasteiger partial charge is 0.266 e. The molecule has 0 aliphatic carbocycles. The quantitative estimate of drug-likeness (QED) is 0.662. The molecule has 1 heterocycles. The summed E-state index contributed by atoms with van der Waals surface area (Å²) in [5, 5.41) is -0.0906. The number of nitrogens with zero attached hydrogens (tertiary/aromatic N) is 1. The summed E-state index contributed by atoms with van der Waals surface area (Å²) in [6.07, 6.45) is -2.16. The third-order valence-electron chi connectivity index (χ3n) is 1.58. The van der Waals surface area contributed by atoms with Crippen LogP contribution in [0.15, 0.2) is 6.07 Å².